The van der Waals surface area contributed by atoms with Crippen molar-refractivity contribution in [3.63, 3.8) is 0 Å². The van der Waals surface area contributed by atoms with Crippen LogP contribution in [0.3, 0.4) is 0 Å². The summed E-state index contributed by atoms with van der Waals surface area (Å²) >= 11 is 0. The number of aromatic nitrogens is 3. The number of ether oxygens (including phenoxy) is 4. The van der Waals surface area contributed by atoms with E-state index < -0.39 is 23.7 Å². The first-order valence-corrected chi connectivity index (χ1v) is 6.70. The van der Waals surface area contributed by atoms with Crippen molar-refractivity contribution in [2.75, 3.05) is 14.2 Å². The molecule has 0 radical (unpaired) electrons. The lowest BCUT2D eigenvalue weighted by atomic mass is 10.2. The number of hydrogen-bond acceptors (Lipinski definition) is 9. The van der Waals surface area contributed by atoms with Crippen LogP contribution in [0.5, 0.6) is 18.0 Å². The minimum absolute atomic E-state index is 0.0765. The van der Waals surface area contributed by atoms with E-state index in [0.29, 0.717) is 0 Å². The van der Waals surface area contributed by atoms with Crippen molar-refractivity contribution in [2.24, 2.45) is 0 Å². The van der Waals surface area contributed by atoms with Crippen molar-refractivity contribution in [2.45, 2.75) is 39.3 Å². The Morgan fingerprint density at radius 2 is 1.48 bits per heavy atom. The van der Waals surface area contributed by atoms with Gasteiger partial charge in [0.2, 0.25) is 0 Å². The van der Waals surface area contributed by atoms with E-state index >= 15 is 0 Å². The third kappa shape index (κ3) is 6.32. The minimum Gasteiger partial charge on any atom is -0.467 e. The molecule has 23 heavy (non-hydrogen) atoms. The summed E-state index contributed by atoms with van der Waals surface area (Å²) in [6, 6.07) is -1.44. The topological polar surface area (TPSA) is 122 Å². The number of nitrogens with one attached hydrogen (secondary N) is 1. The molecule has 1 atom stereocenters. The number of alkyl carbamates (subject to hydrolysis) is 1. The molecule has 0 aromatic carbocycles. The SMILES string of the molecule is COc1nc(OC)nc(OC(=O)[C@H](C)NC(=O)OC(C)(C)C)n1. The van der Waals surface area contributed by atoms with Crippen LogP contribution in [0.2, 0.25) is 0 Å². The van der Waals surface area contributed by atoms with Crippen molar-refractivity contribution >= 4 is 12.1 Å². The van der Waals surface area contributed by atoms with Crippen LogP contribution < -0.4 is 19.5 Å². The van der Waals surface area contributed by atoms with E-state index in [1.54, 1.807) is 20.8 Å². The summed E-state index contributed by atoms with van der Waals surface area (Å²) in [5, 5.41) is 2.34. The molecule has 0 aliphatic carbocycles. The molecule has 0 saturated carbocycles. The predicted molar refractivity (Wildman–Crippen MR) is 77.4 cm³/mol. The van der Waals surface area contributed by atoms with E-state index in [1.165, 1.54) is 21.1 Å². The highest BCUT2D eigenvalue weighted by Crippen LogP contribution is 2.14. The largest absolute Gasteiger partial charge is 0.467 e. The van der Waals surface area contributed by atoms with Gasteiger partial charge in [-0.25, -0.2) is 9.59 Å². The Morgan fingerprint density at radius 3 is 1.91 bits per heavy atom. The predicted octanol–water partition coefficient (Wildman–Crippen LogP) is 0.707. The molecule has 0 spiro atoms. The van der Waals surface area contributed by atoms with Gasteiger partial charge in [0.05, 0.1) is 14.2 Å². The highest BCUT2D eigenvalue weighted by atomic mass is 16.6. The molecule has 1 N–H and O–H groups in total. The lowest BCUT2D eigenvalue weighted by Gasteiger charge is -2.21. The van der Waals surface area contributed by atoms with Gasteiger partial charge in [0.15, 0.2) is 0 Å². The fraction of sp³-hybridized carbons (Fsp3) is 0.615. The Bertz CT molecular complexity index is 550. The molecular weight excluding hydrogens is 308 g/mol. The zero-order valence-electron chi connectivity index (χ0n) is 13.9. The number of carbonyl (C=O) groups is 2. The van der Waals surface area contributed by atoms with E-state index in [2.05, 4.69) is 20.3 Å². The van der Waals surface area contributed by atoms with E-state index in [0.717, 1.165) is 0 Å². The molecule has 1 amide bonds. The lowest BCUT2D eigenvalue weighted by Crippen LogP contribution is -2.43. The molecule has 1 rings (SSSR count). The third-order valence-corrected chi connectivity index (χ3v) is 2.22. The summed E-state index contributed by atoms with van der Waals surface area (Å²) in [6.45, 7) is 6.55. The van der Waals surface area contributed by atoms with Crippen molar-refractivity contribution in [3.8, 4) is 18.0 Å². The van der Waals surface area contributed by atoms with E-state index in [-0.39, 0.29) is 18.0 Å². The van der Waals surface area contributed by atoms with Crippen molar-refractivity contribution in [3.05, 3.63) is 0 Å². The molecule has 10 nitrogen and oxygen atoms in total. The molecule has 0 fully saturated rings. The monoisotopic (exact) mass is 328 g/mol. The first-order valence-electron chi connectivity index (χ1n) is 6.70. The van der Waals surface area contributed by atoms with Gasteiger partial charge in [-0.1, -0.05) is 0 Å². The van der Waals surface area contributed by atoms with Crippen LogP contribution in [-0.4, -0.2) is 52.9 Å². The van der Waals surface area contributed by atoms with Gasteiger partial charge in [-0.2, -0.15) is 0 Å². The molecule has 1 aromatic rings. The highest BCUT2D eigenvalue weighted by Gasteiger charge is 2.23. The van der Waals surface area contributed by atoms with E-state index in [1.807, 2.05) is 0 Å². The van der Waals surface area contributed by atoms with Gasteiger partial charge in [-0.3, -0.25) is 0 Å². The number of carbonyl (C=O) groups excluding carboxylic acids is 2. The summed E-state index contributed by atoms with van der Waals surface area (Å²) in [5.41, 5.74) is -0.678. The van der Waals surface area contributed by atoms with Crippen LogP contribution >= 0.6 is 0 Å². The molecule has 0 bridgehead atoms. The molecule has 128 valence electrons. The fourth-order valence-corrected chi connectivity index (χ4v) is 1.27. The fourth-order valence-electron chi connectivity index (χ4n) is 1.27. The first-order chi connectivity index (χ1) is 10.6. The van der Waals surface area contributed by atoms with Crippen molar-refractivity contribution in [1.82, 2.24) is 20.3 Å². The first kappa shape index (κ1) is 18.4. The molecule has 1 heterocycles. The summed E-state index contributed by atoms with van der Waals surface area (Å²) < 4.78 is 19.7. The van der Waals surface area contributed by atoms with Gasteiger partial charge in [0, 0.05) is 0 Å². The van der Waals surface area contributed by atoms with Gasteiger partial charge >= 0.3 is 30.1 Å². The molecule has 0 unspecified atom stereocenters. The van der Waals surface area contributed by atoms with Crippen LogP contribution in [0.1, 0.15) is 27.7 Å². The smallest absolute Gasteiger partial charge is 0.408 e. The lowest BCUT2D eigenvalue weighted by molar-refractivity contribution is -0.136. The van der Waals surface area contributed by atoms with Gasteiger partial charge in [-0.05, 0) is 27.7 Å². The van der Waals surface area contributed by atoms with Crippen LogP contribution in [0, 0.1) is 0 Å². The van der Waals surface area contributed by atoms with Crippen molar-refractivity contribution in [1.29, 1.82) is 0 Å². The van der Waals surface area contributed by atoms with Crippen LogP contribution in [-0.2, 0) is 9.53 Å². The summed E-state index contributed by atoms with van der Waals surface area (Å²) in [5.74, 6) is -0.786. The number of amides is 1. The van der Waals surface area contributed by atoms with Crippen LogP contribution in [0.15, 0.2) is 0 Å². The second-order valence-electron chi connectivity index (χ2n) is 5.38. The normalized spacial score (nSPS) is 12.1. The second kappa shape index (κ2) is 7.56. The minimum atomic E-state index is -0.974. The summed E-state index contributed by atoms with van der Waals surface area (Å²) in [6.07, 6.45) is -0.743. The maximum Gasteiger partial charge on any atom is 0.408 e. The Labute approximate surface area is 133 Å². The Morgan fingerprint density at radius 1 is 1.00 bits per heavy atom. The highest BCUT2D eigenvalue weighted by molar-refractivity contribution is 5.82. The molecule has 1 aromatic heterocycles. The maximum atomic E-state index is 11.9. The average Bonchev–Trinajstić information content (AvgIpc) is 2.44. The number of esters is 1. The molecular formula is C13H20N4O6. The zero-order chi connectivity index (χ0) is 17.6. The van der Waals surface area contributed by atoms with Crippen molar-refractivity contribution < 1.29 is 28.5 Å². The van der Waals surface area contributed by atoms with Gasteiger partial charge in [0.25, 0.3) is 0 Å². The number of hydrogen-bond donors (Lipinski definition) is 1. The molecule has 0 saturated heterocycles. The van der Waals surface area contributed by atoms with Gasteiger partial charge in [-0.15, -0.1) is 15.0 Å². The quantitative estimate of drug-likeness (QED) is 0.778. The standard InChI is InChI=1S/C13H20N4O6/c1-7(14-12(19)23-13(2,3)4)8(18)22-11-16-9(20-5)15-10(17-11)21-6/h7H,1-6H3,(H,14,19)/t7-/m0/s1. The summed E-state index contributed by atoms with van der Waals surface area (Å²) in [4.78, 5) is 34.8. The number of rotatable bonds is 5. The third-order valence-electron chi connectivity index (χ3n) is 2.22. The Hall–Kier alpha value is -2.65. The average molecular weight is 328 g/mol. The van der Waals surface area contributed by atoms with Gasteiger partial charge < -0.3 is 24.3 Å². The van der Waals surface area contributed by atoms with Gasteiger partial charge in [0.1, 0.15) is 11.6 Å². The van der Waals surface area contributed by atoms with Crippen LogP contribution in [0.4, 0.5) is 4.79 Å². The number of methoxy groups -OCH3 is 2. The zero-order valence-corrected chi connectivity index (χ0v) is 13.9. The Balaban J connectivity index is 2.70. The molecule has 10 heteroatoms. The Kier molecular flexibility index (Phi) is 6.05. The van der Waals surface area contributed by atoms with E-state index in [9.17, 15) is 9.59 Å². The number of nitrogens with zero attached hydrogens (tertiary/aromatic N) is 3. The molecule has 0 aliphatic rings. The maximum absolute atomic E-state index is 11.9. The molecule has 0 aliphatic heterocycles. The second-order valence-corrected chi connectivity index (χ2v) is 5.38. The van der Waals surface area contributed by atoms with Crippen LogP contribution in [0.25, 0.3) is 0 Å². The summed E-state index contributed by atoms with van der Waals surface area (Å²) in [7, 11) is 2.68. The van der Waals surface area contributed by atoms with E-state index in [4.69, 9.17) is 18.9 Å².